The van der Waals surface area contributed by atoms with Crippen molar-refractivity contribution in [2.45, 2.75) is 20.0 Å². The number of rotatable bonds is 8. The second-order valence-corrected chi connectivity index (χ2v) is 6.70. The molecule has 0 aliphatic rings. The van der Waals surface area contributed by atoms with E-state index in [1.807, 2.05) is 37.3 Å². The number of para-hydroxylation sites is 1. The highest BCUT2D eigenvalue weighted by Crippen LogP contribution is 2.27. The Hall–Kier alpha value is -3.63. The van der Waals surface area contributed by atoms with Crippen molar-refractivity contribution >= 4 is 28.5 Å². The molecule has 0 aliphatic heterocycles. The van der Waals surface area contributed by atoms with Crippen molar-refractivity contribution in [1.29, 1.82) is 5.26 Å². The minimum Gasteiger partial charge on any atom is -0.450 e. The van der Waals surface area contributed by atoms with Gasteiger partial charge in [0.15, 0.2) is 6.61 Å². The molecule has 0 saturated carbocycles. The zero-order chi connectivity index (χ0) is 21.5. The highest BCUT2D eigenvalue weighted by atomic mass is 16.5. The third-order valence-corrected chi connectivity index (χ3v) is 4.59. The van der Waals surface area contributed by atoms with Crippen molar-refractivity contribution < 1.29 is 23.5 Å². The molecule has 7 nitrogen and oxygen atoms in total. The van der Waals surface area contributed by atoms with Crippen molar-refractivity contribution in [3.8, 4) is 6.07 Å². The van der Waals surface area contributed by atoms with Crippen LogP contribution in [0.25, 0.3) is 11.0 Å². The molecular weight excluding hydrogens is 384 g/mol. The number of aryl methyl sites for hydroxylation is 1. The molecule has 0 aliphatic carbocycles. The Kier molecular flexibility index (Phi) is 6.83. The number of ether oxygens (including phenoxy) is 2. The fraction of sp³-hybridized carbons (Fsp3) is 0.261. The fourth-order valence-corrected chi connectivity index (χ4v) is 3.11. The Balaban J connectivity index is 1.76. The molecule has 0 saturated heterocycles. The van der Waals surface area contributed by atoms with Gasteiger partial charge in [-0.25, -0.2) is 4.79 Å². The SMILES string of the molecule is COCc1c(C(=O)OCC(=O)N(CCC#N)c2ccc(C)cc2)oc2ccccc12. The number of carbonyl (C=O) groups is 2. The summed E-state index contributed by atoms with van der Waals surface area (Å²) in [6.07, 6.45) is 0.162. The molecule has 0 fully saturated rings. The minimum absolute atomic E-state index is 0.0183. The van der Waals surface area contributed by atoms with E-state index in [1.165, 1.54) is 12.0 Å². The predicted molar refractivity (Wildman–Crippen MR) is 111 cm³/mol. The highest BCUT2D eigenvalue weighted by molar-refractivity contribution is 5.99. The van der Waals surface area contributed by atoms with Crippen LogP contribution in [0.4, 0.5) is 5.69 Å². The van der Waals surface area contributed by atoms with Crippen LogP contribution in [0.2, 0.25) is 0 Å². The first-order valence-corrected chi connectivity index (χ1v) is 9.45. The van der Waals surface area contributed by atoms with E-state index in [2.05, 4.69) is 0 Å². The van der Waals surface area contributed by atoms with E-state index < -0.39 is 18.5 Å². The van der Waals surface area contributed by atoms with Crippen molar-refractivity contribution in [3.63, 3.8) is 0 Å². The first-order chi connectivity index (χ1) is 14.5. The molecule has 0 radical (unpaired) electrons. The van der Waals surface area contributed by atoms with Crippen LogP contribution in [0.5, 0.6) is 0 Å². The second-order valence-electron chi connectivity index (χ2n) is 6.70. The van der Waals surface area contributed by atoms with Crippen molar-refractivity contribution in [2.75, 3.05) is 25.2 Å². The average molecular weight is 406 g/mol. The summed E-state index contributed by atoms with van der Waals surface area (Å²) in [7, 11) is 1.52. The van der Waals surface area contributed by atoms with Crippen molar-refractivity contribution in [2.24, 2.45) is 0 Å². The Bertz CT molecular complexity index is 1080. The monoisotopic (exact) mass is 406 g/mol. The zero-order valence-electron chi connectivity index (χ0n) is 16.9. The van der Waals surface area contributed by atoms with Gasteiger partial charge in [-0.15, -0.1) is 0 Å². The first kappa shape index (κ1) is 21.1. The second kappa shape index (κ2) is 9.72. The van der Waals surface area contributed by atoms with E-state index in [0.717, 1.165) is 10.9 Å². The normalized spacial score (nSPS) is 10.6. The third-order valence-electron chi connectivity index (χ3n) is 4.59. The number of nitriles is 1. The van der Waals surface area contributed by atoms with Crippen LogP contribution in [0, 0.1) is 18.3 Å². The van der Waals surface area contributed by atoms with Gasteiger partial charge in [-0.1, -0.05) is 35.9 Å². The van der Waals surface area contributed by atoms with Crippen LogP contribution in [-0.4, -0.2) is 32.1 Å². The summed E-state index contributed by atoms with van der Waals surface area (Å²) >= 11 is 0. The van der Waals surface area contributed by atoms with E-state index >= 15 is 0 Å². The summed E-state index contributed by atoms with van der Waals surface area (Å²) in [5, 5.41) is 9.66. The largest absolute Gasteiger partial charge is 0.450 e. The molecule has 2 aromatic carbocycles. The number of carbonyl (C=O) groups excluding carboxylic acids is 2. The van der Waals surface area contributed by atoms with Gasteiger partial charge in [-0.2, -0.15) is 5.26 Å². The maximum atomic E-state index is 12.7. The summed E-state index contributed by atoms with van der Waals surface area (Å²) in [6, 6.07) is 16.6. The molecule has 1 aromatic heterocycles. The molecule has 0 atom stereocenters. The van der Waals surface area contributed by atoms with Crippen LogP contribution < -0.4 is 4.90 Å². The number of anilines is 1. The van der Waals surface area contributed by atoms with Crippen LogP contribution >= 0.6 is 0 Å². The lowest BCUT2D eigenvalue weighted by Gasteiger charge is -2.21. The lowest BCUT2D eigenvalue weighted by Crippen LogP contribution is -2.35. The van der Waals surface area contributed by atoms with E-state index in [4.69, 9.17) is 19.2 Å². The number of hydrogen-bond acceptors (Lipinski definition) is 6. The van der Waals surface area contributed by atoms with E-state index in [9.17, 15) is 9.59 Å². The van der Waals surface area contributed by atoms with E-state index in [1.54, 1.807) is 24.3 Å². The number of methoxy groups -OCH3 is 1. The molecule has 3 aromatic rings. The molecule has 1 heterocycles. The first-order valence-electron chi connectivity index (χ1n) is 9.45. The number of nitrogens with zero attached hydrogens (tertiary/aromatic N) is 2. The van der Waals surface area contributed by atoms with E-state index in [0.29, 0.717) is 16.8 Å². The maximum absolute atomic E-state index is 12.7. The standard InChI is InChI=1S/C23H22N2O5/c1-16-8-10-17(11-9-16)25(13-5-12-24)21(26)15-29-23(27)22-19(14-28-2)18-6-3-4-7-20(18)30-22/h3-4,6-11H,5,13-15H2,1-2H3. The van der Waals surface area contributed by atoms with Crippen molar-refractivity contribution in [1.82, 2.24) is 0 Å². The Morgan fingerprint density at radius 2 is 1.87 bits per heavy atom. The molecule has 0 bridgehead atoms. The van der Waals surface area contributed by atoms with Crippen LogP contribution in [0.15, 0.2) is 52.9 Å². The summed E-state index contributed by atoms with van der Waals surface area (Å²) in [4.78, 5) is 26.8. The quantitative estimate of drug-likeness (QED) is 0.525. The van der Waals surface area contributed by atoms with Gasteiger partial charge in [-0.3, -0.25) is 4.79 Å². The van der Waals surface area contributed by atoms with Gasteiger partial charge in [-0.05, 0) is 25.1 Å². The highest BCUT2D eigenvalue weighted by Gasteiger charge is 2.24. The molecule has 3 rings (SSSR count). The molecular formula is C23H22N2O5. The summed E-state index contributed by atoms with van der Waals surface area (Å²) in [6.45, 7) is 1.85. The summed E-state index contributed by atoms with van der Waals surface area (Å²) in [5.74, 6) is -1.15. The number of furan rings is 1. The maximum Gasteiger partial charge on any atom is 0.375 e. The molecule has 154 valence electrons. The minimum atomic E-state index is -0.740. The molecule has 7 heteroatoms. The number of fused-ring (bicyclic) bond motifs is 1. The summed E-state index contributed by atoms with van der Waals surface area (Å²) < 4.78 is 16.1. The predicted octanol–water partition coefficient (Wildman–Crippen LogP) is 3.99. The number of amides is 1. The zero-order valence-corrected chi connectivity index (χ0v) is 16.9. The van der Waals surface area contributed by atoms with Gasteiger partial charge in [0.25, 0.3) is 5.91 Å². The number of benzene rings is 2. The summed E-state index contributed by atoms with van der Waals surface area (Å²) in [5.41, 5.74) is 2.80. The van der Waals surface area contributed by atoms with E-state index in [-0.39, 0.29) is 25.3 Å². The molecule has 0 spiro atoms. The van der Waals surface area contributed by atoms with Crippen LogP contribution in [-0.2, 0) is 20.9 Å². The average Bonchev–Trinajstić information content (AvgIpc) is 3.12. The van der Waals surface area contributed by atoms with Gasteiger partial charge in [0.2, 0.25) is 5.76 Å². The smallest absolute Gasteiger partial charge is 0.375 e. The molecule has 0 unspecified atom stereocenters. The van der Waals surface area contributed by atoms with Gasteiger partial charge in [0.1, 0.15) is 5.58 Å². The Morgan fingerprint density at radius 3 is 2.57 bits per heavy atom. The lowest BCUT2D eigenvalue weighted by atomic mass is 10.1. The molecule has 1 amide bonds. The topological polar surface area (TPSA) is 92.8 Å². The van der Waals surface area contributed by atoms with Crippen LogP contribution in [0.1, 0.15) is 28.1 Å². The van der Waals surface area contributed by atoms with Gasteiger partial charge in [0.05, 0.1) is 19.1 Å². The number of hydrogen-bond donors (Lipinski definition) is 0. The molecule has 30 heavy (non-hydrogen) atoms. The van der Waals surface area contributed by atoms with Gasteiger partial charge < -0.3 is 18.8 Å². The van der Waals surface area contributed by atoms with Gasteiger partial charge in [0, 0.05) is 30.3 Å². The Morgan fingerprint density at radius 1 is 1.13 bits per heavy atom. The third kappa shape index (κ3) is 4.67. The van der Waals surface area contributed by atoms with Crippen molar-refractivity contribution in [3.05, 3.63) is 65.4 Å². The van der Waals surface area contributed by atoms with Crippen LogP contribution in [0.3, 0.4) is 0 Å². The van der Waals surface area contributed by atoms with Gasteiger partial charge >= 0.3 is 5.97 Å². The molecule has 0 N–H and O–H groups in total. The number of esters is 1. The Labute approximate surface area is 174 Å². The lowest BCUT2D eigenvalue weighted by molar-refractivity contribution is -0.121. The fourth-order valence-electron chi connectivity index (χ4n) is 3.11.